The molecular formula is C58H110N2O5. The molecule has 382 valence electrons. The number of unbranched alkanes of at least 4 members (excludes halogenated alkanes) is 29. The highest BCUT2D eigenvalue weighted by molar-refractivity contribution is 5.85. The molecule has 1 amide bonds. The van der Waals surface area contributed by atoms with E-state index >= 15 is 0 Å². The Morgan fingerprint density at radius 1 is 0.400 bits per heavy atom. The molecule has 0 saturated carbocycles. The Balaban J connectivity index is 5.44. The van der Waals surface area contributed by atoms with Gasteiger partial charge in [-0.05, 0) is 103 Å². The molecule has 3 unspecified atom stereocenters. The number of nitrogens with one attached hydrogen (secondary N) is 1. The lowest BCUT2D eigenvalue weighted by Gasteiger charge is -2.23. The summed E-state index contributed by atoms with van der Waals surface area (Å²) < 4.78 is 12.4. The van der Waals surface area contributed by atoms with Crippen molar-refractivity contribution in [3.63, 3.8) is 0 Å². The highest BCUT2D eigenvalue weighted by Crippen LogP contribution is 2.20. The van der Waals surface area contributed by atoms with Crippen LogP contribution in [0.4, 0.5) is 0 Å². The van der Waals surface area contributed by atoms with Gasteiger partial charge in [-0.25, -0.2) is 4.79 Å². The molecule has 0 aliphatic rings. The third-order valence-corrected chi connectivity index (χ3v) is 13.0. The summed E-state index contributed by atoms with van der Waals surface area (Å²) in [5, 5.41) is 2.96. The van der Waals surface area contributed by atoms with E-state index in [2.05, 4.69) is 57.3 Å². The first-order chi connectivity index (χ1) is 31.9. The first-order valence-corrected chi connectivity index (χ1v) is 28.6. The number of rotatable bonds is 51. The van der Waals surface area contributed by atoms with Crippen molar-refractivity contribution in [2.24, 2.45) is 5.73 Å². The maximum atomic E-state index is 14.0. The molecule has 65 heavy (non-hydrogen) atoms. The van der Waals surface area contributed by atoms with Crippen LogP contribution in [0.1, 0.15) is 304 Å². The number of nitrogens with two attached hydrogens (primary N) is 1. The molecule has 0 fully saturated rings. The van der Waals surface area contributed by atoms with Crippen molar-refractivity contribution in [1.29, 1.82) is 0 Å². The van der Waals surface area contributed by atoms with Gasteiger partial charge in [0.2, 0.25) is 5.91 Å². The highest BCUT2D eigenvalue weighted by Gasteiger charge is 2.27. The van der Waals surface area contributed by atoms with Crippen LogP contribution >= 0.6 is 0 Å². The molecule has 0 aliphatic carbocycles. The van der Waals surface area contributed by atoms with Crippen LogP contribution in [0.5, 0.6) is 0 Å². The van der Waals surface area contributed by atoms with E-state index in [1.165, 1.54) is 167 Å². The van der Waals surface area contributed by atoms with Crippen LogP contribution in [-0.2, 0) is 23.9 Å². The molecule has 3 atom stereocenters. The van der Waals surface area contributed by atoms with E-state index in [1.54, 1.807) is 0 Å². The summed E-state index contributed by atoms with van der Waals surface area (Å²) in [4.78, 5) is 40.5. The van der Waals surface area contributed by atoms with E-state index in [0.717, 1.165) is 83.5 Å². The van der Waals surface area contributed by atoms with E-state index < -0.39 is 12.0 Å². The summed E-state index contributed by atoms with van der Waals surface area (Å²) >= 11 is 0. The molecule has 0 heterocycles. The van der Waals surface area contributed by atoms with Crippen LogP contribution in [-0.4, -0.2) is 42.6 Å². The predicted octanol–water partition coefficient (Wildman–Crippen LogP) is 17.2. The van der Waals surface area contributed by atoms with Crippen LogP contribution in [0.2, 0.25) is 0 Å². The van der Waals surface area contributed by atoms with Gasteiger partial charge in [0.25, 0.3) is 0 Å². The molecule has 7 nitrogen and oxygen atoms in total. The lowest BCUT2D eigenvalue weighted by atomic mass is 10.0. The number of carbonyl (C=O) groups excluding carboxylic acids is 3. The molecular weight excluding hydrogens is 805 g/mol. The maximum absolute atomic E-state index is 14.0. The first-order valence-electron chi connectivity index (χ1n) is 28.6. The Labute approximate surface area is 404 Å². The lowest BCUT2D eigenvalue weighted by Crippen LogP contribution is -2.43. The second-order valence-corrected chi connectivity index (χ2v) is 19.5. The quantitative estimate of drug-likeness (QED) is 0.0358. The Hall–Kier alpha value is -2.15. The number of esters is 2. The number of hydrogen-bond donors (Lipinski definition) is 2. The zero-order valence-electron chi connectivity index (χ0n) is 43.8. The van der Waals surface area contributed by atoms with Gasteiger partial charge in [-0.2, -0.15) is 0 Å². The third-order valence-electron chi connectivity index (χ3n) is 13.0. The van der Waals surface area contributed by atoms with E-state index in [-0.39, 0.29) is 36.9 Å². The molecule has 0 radical (unpaired) electrons. The largest absolute Gasteiger partial charge is 0.462 e. The van der Waals surface area contributed by atoms with Gasteiger partial charge in [0.15, 0.2) is 0 Å². The molecule has 0 aromatic rings. The number of ether oxygens (including phenoxy) is 2. The van der Waals surface area contributed by atoms with Crippen LogP contribution in [0.3, 0.4) is 0 Å². The maximum Gasteiger partial charge on any atom is 0.328 e. The monoisotopic (exact) mass is 915 g/mol. The molecule has 0 aromatic heterocycles. The lowest BCUT2D eigenvalue weighted by molar-refractivity contribution is -0.155. The van der Waals surface area contributed by atoms with Crippen LogP contribution in [0, 0.1) is 0 Å². The predicted molar refractivity (Wildman–Crippen MR) is 280 cm³/mol. The van der Waals surface area contributed by atoms with Crippen molar-refractivity contribution in [3.05, 3.63) is 24.3 Å². The fraction of sp³-hybridized carbons (Fsp3) is 0.879. The zero-order valence-corrected chi connectivity index (χ0v) is 43.8. The summed E-state index contributed by atoms with van der Waals surface area (Å²) in [6, 6.07) is -0.886. The minimum Gasteiger partial charge on any atom is -0.462 e. The van der Waals surface area contributed by atoms with Gasteiger partial charge in [-0.3, -0.25) is 9.59 Å². The zero-order chi connectivity index (χ0) is 47.5. The van der Waals surface area contributed by atoms with Crippen molar-refractivity contribution in [1.82, 2.24) is 5.32 Å². The van der Waals surface area contributed by atoms with Crippen molar-refractivity contribution in [2.75, 3.05) is 6.54 Å². The molecule has 0 spiro atoms. The van der Waals surface area contributed by atoms with Gasteiger partial charge >= 0.3 is 11.9 Å². The van der Waals surface area contributed by atoms with Gasteiger partial charge in [-0.1, -0.05) is 219 Å². The Morgan fingerprint density at radius 2 is 0.769 bits per heavy atom. The fourth-order valence-electron chi connectivity index (χ4n) is 8.71. The molecule has 3 N–H and O–H groups in total. The second-order valence-electron chi connectivity index (χ2n) is 19.5. The first kappa shape index (κ1) is 62.8. The Morgan fingerprint density at radius 3 is 1.18 bits per heavy atom. The van der Waals surface area contributed by atoms with Crippen LogP contribution < -0.4 is 11.1 Å². The van der Waals surface area contributed by atoms with E-state index in [4.69, 9.17) is 15.2 Å². The minimum atomic E-state index is -0.886. The van der Waals surface area contributed by atoms with Crippen molar-refractivity contribution in [3.8, 4) is 0 Å². The number of hydrogen-bond acceptors (Lipinski definition) is 6. The summed E-state index contributed by atoms with van der Waals surface area (Å²) in [6.07, 6.45) is 56.2. The summed E-state index contributed by atoms with van der Waals surface area (Å²) in [5.74, 6) is -0.920. The third kappa shape index (κ3) is 45.4. The molecule has 0 rings (SSSR count). The van der Waals surface area contributed by atoms with Gasteiger partial charge in [0.1, 0.15) is 18.2 Å². The Bertz CT molecular complexity index is 1090. The van der Waals surface area contributed by atoms with Gasteiger partial charge in [0.05, 0.1) is 0 Å². The average Bonchev–Trinajstić information content (AvgIpc) is 3.30. The molecule has 0 aromatic carbocycles. The second kappa shape index (κ2) is 51.2. The van der Waals surface area contributed by atoms with Crippen molar-refractivity contribution < 1.29 is 23.9 Å². The Kier molecular flexibility index (Phi) is 49.6. The number of carbonyl (C=O) groups is 3. The number of amides is 1. The molecule has 0 aliphatic heterocycles. The van der Waals surface area contributed by atoms with E-state index in [1.807, 2.05) is 0 Å². The van der Waals surface area contributed by atoms with Gasteiger partial charge in [0, 0.05) is 12.8 Å². The van der Waals surface area contributed by atoms with Gasteiger partial charge < -0.3 is 20.5 Å². The summed E-state index contributed by atoms with van der Waals surface area (Å²) in [7, 11) is 0. The minimum absolute atomic E-state index is 0.0640. The van der Waals surface area contributed by atoms with Crippen molar-refractivity contribution >= 4 is 17.8 Å². The average molecular weight is 916 g/mol. The van der Waals surface area contributed by atoms with Crippen LogP contribution in [0.25, 0.3) is 0 Å². The SMILES string of the molecule is CCCCC/C=C\CCC(CCCCCCCCCCCCCC)OC(=O)CCC(NC(=O)CCCCN)C(=O)OC(CC/C=C\CCCCC)CCCCCCCCCCCCCC. The fourth-order valence-corrected chi connectivity index (χ4v) is 8.71. The van der Waals surface area contributed by atoms with E-state index in [9.17, 15) is 14.4 Å². The number of allylic oxidation sites excluding steroid dienone is 4. The van der Waals surface area contributed by atoms with Crippen molar-refractivity contribution in [2.45, 2.75) is 322 Å². The molecule has 0 saturated heterocycles. The normalized spacial score (nSPS) is 13.1. The van der Waals surface area contributed by atoms with Gasteiger partial charge in [-0.15, -0.1) is 0 Å². The topological polar surface area (TPSA) is 108 Å². The smallest absolute Gasteiger partial charge is 0.328 e. The summed E-state index contributed by atoms with van der Waals surface area (Å²) in [5.41, 5.74) is 5.70. The van der Waals surface area contributed by atoms with Crippen LogP contribution in [0.15, 0.2) is 24.3 Å². The molecule has 7 heteroatoms. The standard InChI is InChI=1S/C58H110N2O5/c1-5-9-13-17-21-23-25-27-29-33-37-40-46-53(45-39-35-31-19-15-11-7-3)64-57(62)51-50-55(60-56(61)49-43-44-52-59)58(63)65-54(47-41-36-32-20-16-12-8-4)48-42-38-34-30-28-26-24-22-18-14-10-6-2/h31-32,35-36,53-55H,5-30,33-34,37-52,59H2,1-4H3,(H,60,61)/b35-31-,36-32-. The highest BCUT2D eigenvalue weighted by atomic mass is 16.5. The molecule has 0 bridgehead atoms. The van der Waals surface area contributed by atoms with E-state index in [0.29, 0.717) is 19.4 Å². The summed E-state index contributed by atoms with van der Waals surface area (Å²) in [6.45, 7) is 9.53.